The Hall–Kier alpha value is -1.46. The van der Waals surface area contributed by atoms with Gasteiger partial charge in [0.2, 0.25) is 5.91 Å². The maximum Gasteiger partial charge on any atom is 0.227 e. The van der Waals surface area contributed by atoms with Gasteiger partial charge >= 0.3 is 0 Å². The number of thiazole rings is 1. The van der Waals surface area contributed by atoms with Gasteiger partial charge in [-0.1, -0.05) is 13.3 Å². The van der Waals surface area contributed by atoms with Gasteiger partial charge in [-0.15, -0.1) is 11.3 Å². The van der Waals surface area contributed by atoms with Crippen molar-refractivity contribution in [3.63, 3.8) is 0 Å². The van der Waals surface area contributed by atoms with Gasteiger partial charge in [-0.05, 0) is 44.9 Å². The number of nitrogens with zero attached hydrogens (tertiary/aromatic N) is 1. The summed E-state index contributed by atoms with van der Waals surface area (Å²) in [6.07, 6.45) is 2.82. The maximum atomic E-state index is 12.2. The summed E-state index contributed by atoms with van der Waals surface area (Å²) < 4.78 is 1.11. The van der Waals surface area contributed by atoms with Gasteiger partial charge in [0.05, 0.1) is 15.2 Å². The molecule has 5 heteroatoms. The molecule has 0 spiro atoms. The molecule has 1 amide bonds. The summed E-state index contributed by atoms with van der Waals surface area (Å²) in [6, 6.07) is 6.06. The molecule has 114 valence electrons. The van der Waals surface area contributed by atoms with Gasteiger partial charge in [0.25, 0.3) is 0 Å². The van der Waals surface area contributed by atoms with Crippen molar-refractivity contribution in [1.82, 2.24) is 4.98 Å². The smallest absolute Gasteiger partial charge is 0.227 e. The lowest BCUT2D eigenvalue weighted by atomic mass is 10.0. The Balaban J connectivity index is 1.93. The highest BCUT2D eigenvalue weighted by Gasteiger charge is 2.13. The van der Waals surface area contributed by atoms with Crippen molar-refractivity contribution in [2.45, 2.75) is 46.1 Å². The Labute approximate surface area is 129 Å². The quantitative estimate of drug-likeness (QED) is 0.855. The van der Waals surface area contributed by atoms with E-state index in [2.05, 4.69) is 10.3 Å². The number of fused-ring (bicyclic) bond motifs is 1. The van der Waals surface area contributed by atoms with E-state index in [0.717, 1.165) is 40.2 Å². The lowest BCUT2D eigenvalue weighted by Gasteiger charge is -2.13. The number of hydrogen-bond donors (Lipinski definition) is 2. The third kappa shape index (κ3) is 4.51. The molecule has 0 saturated carbocycles. The minimum absolute atomic E-state index is 0.00245. The second kappa shape index (κ2) is 7.00. The zero-order valence-electron chi connectivity index (χ0n) is 12.8. The van der Waals surface area contributed by atoms with Crippen LogP contribution in [0.4, 0.5) is 5.69 Å². The van der Waals surface area contributed by atoms with Gasteiger partial charge in [0.15, 0.2) is 0 Å². The van der Waals surface area contributed by atoms with Crippen molar-refractivity contribution in [2.24, 2.45) is 11.7 Å². The molecule has 21 heavy (non-hydrogen) atoms. The van der Waals surface area contributed by atoms with Crippen LogP contribution in [-0.2, 0) is 4.79 Å². The second-order valence-electron chi connectivity index (χ2n) is 5.71. The van der Waals surface area contributed by atoms with Crippen LogP contribution in [0.3, 0.4) is 0 Å². The monoisotopic (exact) mass is 305 g/mol. The molecule has 3 N–H and O–H groups in total. The van der Waals surface area contributed by atoms with E-state index in [4.69, 9.17) is 5.73 Å². The number of anilines is 1. The fraction of sp³-hybridized carbons (Fsp3) is 0.500. The Bertz CT molecular complexity index is 621. The van der Waals surface area contributed by atoms with Crippen LogP contribution < -0.4 is 11.1 Å². The molecule has 0 fully saturated rings. The van der Waals surface area contributed by atoms with E-state index in [-0.39, 0.29) is 17.9 Å². The SMILES string of the molecule is Cc1nc2ccc(NC(=O)C(C)CCCC(C)N)cc2s1. The third-order valence-electron chi connectivity index (χ3n) is 3.51. The molecule has 2 aromatic rings. The van der Waals surface area contributed by atoms with Crippen LogP contribution in [-0.4, -0.2) is 16.9 Å². The van der Waals surface area contributed by atoms with Gasteiger partial charge in [0, 0.05) is 17.6 Å². The summed E-state index contributed by atoms with van der Waals surface area (Å²) in [5.41, 5.74) is 7.56. The maximum absolute atomic E-state index is 12.2. The first-order valence-corrected chi connectivity index (χ1v) is 8.21. The largest absolute Gasteiger partial charge is 0.328 e. The van der Waals surface area contributed by atoms with E-state index in [9.17, 15) is 4.79 Å². The number of rotatable bonds is 6. The highest BCUT2D eigenvalue weighted by Crippen LogP contribution is 2.25. The van der Waals surface area contributed by atoms with Crippen LogP contribution in [0.25, 0.3) is 10.2 Å². The zero-order valence-corrected chi connectivity index (χ0v) is 13.7. The molecule has 1 heterocycles. The number of aromatic nitrogens is 1. The van der Waals surface area contributed by atoms with Crippen molar-refractivity contribution in [1.29, 1.82) is 0 Å². The highest BCUT2D eigenvalue weighted by atomic mass is 32.1. The molecule has 2 unspecified atom stereocenters. The second-order valence-corrected chi connectivity index (χ2v) is 6.95. The predicted molar refractivity (Wildman–Crippen MR) is 89.7 cm³/mol. The first kappa shape index (κ1) is 15.9. The standard InChI is InChI=1S/C16H23N3OS/c1-10(5-4-6-11(2)17)16(20)19-13-7-8-14-15(9-13)21-12(3)18-14/h7-11H,4-6,17H2,1-3H3,(H,19,20). The van der Waals surface area contributed by atoms with Gasteiger partial charge in [-0.25, -0.2) is 4.98 Å². The van der Waals surface area contributed by atoms with E-state index in [1.54, 1.807) is 11.3 Å². The van der Waals surface area contributed by atoms with Crippen molar-refractivity contribution < 1.29 is 4.79 Å². The molecule has 2 atom stereocenters. The van der Waals surface area contributed by atoms with E-state index in [1.165, 1.54) is 0 Å². The van der Waals surface area contributed by atoms with E-state index >= 15 is 0 Å². The molecule has 2 rings (SSSR count). The summed E-state index contributed by atoms with van der Waals surface area (Å²) >= 11 is 1.64. The average molecular weight is 305 g/mol. The number of carbonyl (C=O) groups excluding carboxylic acids is 1. The summed E-state index contributed by atoms with van der Waals surface area (Å²) in [4.78, 5) is 16.6. The molecular weight excluding hydrogens is 282 g/mol. The first-order chi connectivity index (χ1) is 9.95. The van der Waals surface area contributed by atoms with Gasteiger partial charge in [-0.2, -0.15) is 0 Å². The number of nitrogens with two attached hydrogens (primary N) is 1. The first-order valence-electron chi connectivity index (χ1n) is 7.39. The Kier molecular flexibility index (Phi) is 5.31. The fourth-order valence-electron chi connectivity index (χ4n) is 2.26. The molecule has 1 aromatic carbocycles. The number of hydrogen-bond acceptors (Lipinski definition) is 4. The molecule has 0 aliphatic heterocycles. The van der Waals surface area contributed by atoms with Gasteiger partial charge in [0.1, 0.15) is 0 Å². The van der Waals surface area contributed by atoms with Crippen molar-refractivity contribution in [2.75, 3.05) is 5.32 Å². The average Bonchev–Trinajstić information content (AvgIpc) is 2.77. The van der Waals surface area contributed by atoms with E-state index in [1.807, 2.05) is 39.0 Å². The molecule has 0 aliphatic carbocycles. The number of aryl methyl sites for hydroxylation is 1. The Morgan fingerprint density at radius 2 is 2.14 bits per heavy atom. The van der Waals surface area contributed by atoms with Crippen LogP contribution in [0.15, 0.2) is 18.2 Å². The van der Waals surface area contributed by atoms with Crippen LogP contribution in [0, 0.1) is 12.8 Å². The summed E-state index contributed by atoms with van der Waals surface area (Å²) in [5, 5.41) is 4.03. The summed E-state index contributed by atoms with van der Waals surface area (Å²) in [5.74, 6) is 0.0721. The van der Waals surface area contributed by atoms with Gasteiger partial charge < -0.3 is 11.1 Å². The zero-order chi connectivity index (χ0) is 15.4. The van der Waals surface area contributed by atoms with Crippen LogP contribution in [0.5, 0.6) is 0 Å². The molecule has 0 bridgehead atoms. The van der Waals surface area contributed by atoms with Crippen LogP contribution in [0.1, 0.15) is 38.1 Å². The molecule has 0 aliphatic rings. The lowest BCUT2D eigenvalue weighted by molar-refractivity contribution is -0.119. The van der Waals surface area contributed by atoms with E-state index in [0.29, 0.717) is 0 Å². The molecule has 1 aromatic heterocycles. The number of amides is 1. The summed E-state index contributed by atoms with van der Waals surface area (Å²) in [6.45, 7) is 5.95. The van der Waals surface area contributed by atoms with Crippen LogP contribution >= 0.6 is 11.3 Å². The van der Waals surface area contributed by atoms with Crippen molar-refractivity contribution in [3.8, 4) is 0 Å². The topological polar surface area (TPSA) is 68.0 Å². The molecule has 0 radical (unpaired) electrons. The lowest BCUT2D eigenvalue weighted by Crippen LogP contribution is -2.21. The minimum atomic E-state index is 0.00245. The molecule has 0 saturated heterocycles. The normalized spacial score (nSPS) is 14.1. The molecule has 4 nitrogen and oxygen atoms in total. The highest BCUT2D eigenvalue weighted by molar-refractivity contribution is 7.18. The van der Waals surface area contributed by atoms with Crippen molar-refractivity contribution >= 4 is 33.1 Å². The Morgan fingerprint density at radius 3 is 2.86 bits per heavy atom. The third-order valence-corrected chi connectivity index (χ3v) is 4.44. The minimum Gasteiger partial charge on any atom is -0.328 e. The fourth-order valence-corrected chi connectivity index (χ4v) is 3.13. The Morgan fingerprint density at radius 1 is 1.38 bits per heavy atom. The number of benzene rings is 1. The van der Waals surface area contributed by atoms with Crippen molar-refractivity contribution in [3.05, 3.63) is 23.2 Å². The van der Waals surface area contributed by atoms with Crippen LogP contribution in [0.2, 0.25) is 0 Å². The summed E-state index contributed by atoms with van der Waals surface area (Å²) in [7, 11) is 0. The van der Waals surface area contributed by atoms with E-state index < -0.39 is 0 Å². The van der Waals surface area contributed by atoms with Gasteiger partial charge in [-0.3, -0.25) is 4.79 Å². The predicted octanol–water partition coefficient (Wildman–Crippen LogP) is 3.70. The number of nitrogens with one attached hydrogen (secondary N) is 1. The molecular formula is C16H23N3OS. The number of carbonyl (C=O) groups is 1.